The van der Waals surface area contributed by atoms with Gasteiger partial charge in [-0.25, -0.2) is 0 Å². The van der Waals surface area contributed by atoms with Gasteiger partial charge in [-0.2, -0.15) is 0 Å². The highest BCUT2D eigenvalue weighted by atomic mass is 32.2. The van der Waals surface area contributed by atoms with Gasteiger partial charge in [-0.1, -0.05) is 44.9 Å². The maximum absolute atomic E-state index is 5.90. The van der Waals surface area contributed by atoms with Crippen LogP contribution < -0.4 is 5.32 Å². The highest BCUT2D eigenvalue weighted by molar-refractivity contribution is 8.14. The Hall–Kier alpha value is -0.220. The molecule has 0 aromatic carbocycles. The molecule has 0 spiro atoms. The summed E-state index contributed by atoms with van der Waals surface area (Å²) in [5, 5.41) is 4.72. The van der Waals surface area contributed by atoms with E-state index in [-0.39, 0.29) is 5.54 Å². The molecule has 1 aliphatic carbocycles. The van der Waals surface area contributed by atoms with Crippen molar-refractivity contribution in [2.75, 3.05) is 18.9 Å². The Kier molecular flexibility index (Phi) is 6.02. The molecular formula is C15H28N2OS. The summed E-state index contributed by atoms with van der Waals surface area (Å²) in [4.78, 5) is 4.64. The molecule has 110 valence electrons. The summed E-state index contributed by atoms with van der Waals surface area (Å²) in [6, 6.07) is 0. The molecule has 0 unspecified atom stereocenters. The van der Waals surface area contributed by atoms with Crippen molar-refractivity contribution in [3.05, 3.63) is 0 Å². The van der Waals surface area contributed by atoms with Crippen molar-refractivity contribution in [2.24, 2.45) is 4.99 Å². The van der Waals surface area contributed by atoms with E-state index in [1.54, 1.807) is 0 Å². The highest BCUT2D eigenvalue weighted by Gasteiger charge is 2.33. The van der Waals surface area contributed by atoms with Crippen molar-refractivity contribution in [3.8, 4) is 0 Å². The van der Waals surface area contributed by atoms with Crippen molar-refractivity contribution in [3.63, 3.8) is 0 Å². The van der Waals surface area contributed by atoms with E-state index in [1.165, 1.54) is 44.9 Å². The second-order valence-corrected chi connectivity index (χ2v) is 6.68. The fourth-order valence-corrected chi connectivity index (χ4v) is 4.18. The van der Waals surface area contributed by atoms with Crippen molar-refractivity contribution >= 4 is 16.9 Å². The molecule has 3 nitrogen and oxygen atoms in total. The Morgan fingerprint density at radius 1 is 1.26 bits per heavy atom. The molecule has 1 saturated heterocycles. The fourth-order valence-electron chi connectivity index (χ4n) is 2.82. The largest absolute Gasteiger partial charge is 0.376 e. The minimum Gasteiger partial charge on any atom is -0.376 e. The molecule has 0 aromatic rings. The van der Waals surface area contributed by atoms with E-state index in [0.717, 1.165) is 24.1 Å². The minimum atomic E-state index is 0.285. The van der Waals surface area contributed by atoms with Gasteiger partial charge in [0.1, 0.15) is 0 Å². The average Bonchev–Trinajstić information content (AvgIpc) is 2.89. The lowest BCUT2D eigenvalue weighted by atomic mass is 9.96. The number of hydrogen-bond donors (Lipinski definition) is 1. The van der Waals surface area contributed by atoms with Crippen molar-refractivity contribution in [1.29, 1.82) is 0 Å². The van der Waals surface area contributed by atoms with Gasteiger partial charge in [-0.3, -0.25) is 4.99 Å². The minimum absolute atomic E-state index is 0.285. The first-order chi connectivity index (χ1) is 9.28. The SMILES string of the molecule is CCC1(CC)CSC(=NCCOC2CCCCC2)N1. The third-order valence-corrected chi connectivity index (χ3v) is 5.66. The summed E-state index contributed by atoms with van der Waals surface area (Å²) in [6.07, 6.45) is 9.42. The predicted octanol–water partition coefficient (Wildman–Crippen LogP) is 3.59. The number of nitrogens with one attached hydrogen (secondary N) is 1. The Bertz CT molecular complexity index is 297. The van der Waals surface area contributed by atoms with Crippen molar-refractivity contribution in [1.82, 2.24) is 5.32 Å². The van der Waals surface area contributed by atoms with E-state index >= 15 is 0 Å². The Balaban J connectivity index is 1.66. The molecule has 1 aliphatic heterocycles. The van der Waals surface area contributed by atoms with Gasteiger partial charge < -0.3 is 10.1 Å². The van der Waals surface area contributed by atoms with E-state index in [2.05, 4.69) is 24.2 Å². The number of amidine groups is 1. The zero-order valence-corrected chi connectivity index (χ0v) is 13.2. The second kappa shape index (κ2) is 7.53. The summed E-state index contributed by atoms with van der Waals surface area (Å²) in [5.74, 6) is 1.16. The number of hydrogen-bond acceptors (Lipinski definition) is 3. The molecule has 19 heavy (non-hydrogen) atoms. The first-order valence-corrected chi connectivity index (χ1v) is 8.83. The van der Waals surface area contributed by atoms with Crippen molar-refractivity contribution < 1.29 is 4.74 Å². The molecule has 2 aliphatic rings. The van der Waals surface area contributed by atoms with Crippen LogP contribution in [0.3, 0.4) is 0 Å². The monoisotopic (exact) mass is 284 g/mol. The first-order valence-electron chi connectivity index (χ1n) is 7.85. The lowest BCUT2D eigenvalue weighted by Crippen LogP contribution is -2.42. The highest BCUT2D eigenvalue weighted by Crippen LogP contribution is 2.28. The third kappa shape index (κ3) is 4.38. The summed E-state index contributed by atoms with van der Waals surface area (Å²) in [7, 11) is 0. The zero-order chi connectivity index (χ0) is 13.6. The first kappa shape index (κ1) is 15.2. The van der Waals surface area contributed by atoms with Crippen molar-refractivity contribution in [2.45, 2.75) is 70.4 Å². The summed E-state index contributed by atoms with van der Waals surface area (Å²) < 4.78 is 5.90. The molecule has 2 rings (SSSR count). The van der Waals surface area contributed by atoms with Gasteiger partial charge in [0.15, 0.2) is 5.17 Å². The molecule has 2 fully saturated rings. The van der Waals surface area contributed by atoms with Gasteiger partial charge in [0.25, 0.3) is 0 Å². The summed E-state index contributed by atoms with van der Waals surface area (Å²) in [5.41, 5.74) is 0.285. The molecule has 1 N–H and O–H groups in total. The molecule has 0 radical (unpaired) electrons. The van der Waals surface area contributed by atoms with Gasteiger partial charge in [0.2, 0.25) is 0 Å². The normalized spacial score (nSPS) is 25.7. The standard InChI is InChI=1S/C15H28N2OS/c1-3-15(4-2)12-19-14(17-15)16-10-11-18-13-8-6-5-7-9-13/h13H,3-12H2,1-2H3,(H,16,17). The van der Waals surface area contributed by atoms with E-state index in [4.69, 9.17) is 4.74 Å². The molecular weight excluding hydrogens is 256 g/mol. The quantitative estimate of drug-likeness (QED) is 0.757. The summed E-state index contributed by atoms with van der Waals surface area (Å²) in [6.45, 7) is 6.09. The summed E-state index contributed by atoms with van der Waals surface area (Å²) >= 11 is 1.87. The Morgan fingerprint density at radius 3 is 2.63 bits per heavy atom. The van der Waals surface area contributed by atoms with Crippen LogP contribution in [0.5, 0.6) is 0 Å². The van der Waals surface area contributed by atoms with Crippen LogP contribution in [0.4, 0.5) is 0 Å². The van der Waals surface area contributed by atoms with E-state index < -0.39 is 0 Å². The Morgan fingerprint density at radius 2 is 2.00 bits per heavy atom. The van der Waals surface area contributed by atoms with E-state index in [9.17, 15) is 0 Å². The maximum atomic E-state index is 5.90. The number of rotatable bonds is 6. The smallest absolute Gasteiger partial charge is 0.157 e. The van der Waals surface area contributed by atoms with Gasteiger partial charge in [0.05, 0.1) is 19.3 Å². The topological polar surface area (TPSA) is 33.6 Å². The van der Waals surface area contributed by atoms with Crippen LogP contribution in [0.2, 0.25) is 0 Å². The second-order valence-electron chi connectivity index (χ2n) is 5.72. The molecule has 4 heteroatoms. The fraction of sp³-hybridized carbons (Fsp3) is 0.933. The van der Waals surface area contributed by atoms with E-state index in [0.29, 0.717) is 6.10 Å². The molecule has 0 bridgehead atoms. The number of thioether (sulfide) groups is 1. The van der Waals surface area contributed by atoms with Gasteiger partial charge in [-0.05, 0) is 25.7 Å². The average molecular weight is 284 g/mol. The van der Waals surface area contributed by atoms with Gasteiger partial charge in [-0.15, -0.1) is 0 Å². The van der Waals surface area contributed by atoms with Crippen LogP contribution in [0.15, 0.2) is 4.99 Å². The predicted molar refractivity (Wildman–Crippen MR) is 84.0 cm³/mol. The van der Waals surface area contributed by atoms with E-state index in [1.807, 2.05) is 11.8 Å². The van der Waals surface area contributed by atoms with Crippen LogP contribution in [0, 0.1) is 0 Å². The van der Waals surface area contributed by atoms with Crippen LogP contribution in [-0.4, -0.2) is 35.7 Å². The van der Waals surface area contributed by atoms with Gasteiger partial charge in [0, 0.05) is 11.3 Å². The number of nitrogens with zero attached hydrogens (tertiary/aromatic N) is 1. The number of ether oxygens (including phenoxy) is 1. The van der Waals surface area contributed by atoms with Crippen LogP contribution in [0.1, 0.15) is 58.8 Å². The van der Waals surface area contributed by atoms with Crippen LogP contribution in [-0.2, 0) is 4.74 Å². The van der Waals surface area contributed by atoms with Gasteiger partial charge >= 0.3 is 0 Å². The zero-order valence-electron chi connectivity index (χ0n) is 12.4. The lowest BCUT2D eigenvalue weighted by Gasteiger charge is -2.25. The third-order valence-electron chi connectivity index (χ3n) is 4.46. The number of aliphatic imine (C=N–C) groups is 1. The Labute approximate surface area is 122 Å². The molecule has 1 heterocycles. The molecule has 1 saturated carbocycles. The molecule has 0 amide bonds. The van der Waals surface area contributed by atoms with Crippen LogP contribution in [0.25, 0.3) is 0 Å². The molecule has 0 aromatic heterocycles. The maximum Gasteiger partial charge on any atom is 0.157 e. The van der Waals surface area contributed by atoms with Crippen LogP contribution >= 0.6 is 11.8 Å². The molecule has 0 atom stereocenters. The lowest BCUT2D eigenvalue weighted by molar-refractivity contribution is 0.0335.